The van der Waals surface area contributed by atoms with E-state index in [1.165, 1.54) is 11.8 Å². The number of hydrogen-bond acceptors (Lipinski definition) is 4. The Hall–Kier alpha value is -1.69. The largest absolute Gasteiger partial charge is 0.497 e. The lowest BCUT2D eigenvalue weighted by Crippen LogP contribution is -2.27. The Bertz CT molecular complexity index is 405. The van der Waals surface area contributed by atoms with Crippen molar-refractivity contribution in [1.29, 1.82) is 0 Å². The molecule has 2 N–H and O–H groups in total. The lowest BCUT2D eigenvalue weighted by atomic mass is 10.3. The van der Waals surface area contributed by atoms with Gasteiger partial charge in [-0.1, -0.05) is 0 Å². The van der Waals surface area contributed by atoms with Gasteiger partial charge in [0.25, 0.3) is 0 Å². The number of carboxylic acids is 1. The lowest BCUT2D eigenvalue weighted by Gasteiger charge is -2.04. The molecule has 0 atom stereocenters. The maximum absolute atomic E-state index is 11.4. The highest BCUT2D eigenvalue weighted by atomic mass is 32.2. The Morgan fingerprint density at radius 3 is 2.56 bits per heavy atom. The van der Waals surface area contributed by atoms with E-state index in [2.05, 4.69) is 5.32 Å². The van der Waals surface area contributed by atoms with Gasteiger partial charge in [0.1, 0.15) is 5.75 Å². The van der Waals surface area contributed by atoms with Gasteiger partial charge in [-0.25, -0.2) is 0 Å². The van der Waals surface area contributed by atoms with Crippen molar-refractivity contribution in [2.24, 2.45) is 0 Å². The maximum Gasteiger partial charge on any atom is 0.305 e. The minimum Gasteiger partial charge on any atom is -0.497 e. The third-order valence-electron chi connectivity index (χ3n) is 2.09. The number of amides is 1. The molecule has 0 spiro atoms. The van der Waals surface area contributed by atoms with Gasteiger partial charge in [0.05, 0.1) is 19.3 Å². The van der Waals surface area contributed by atoms with Crippen LogP contribution in [0, 0.1) is 0 Å². The maximum atomic E-state index is 11.4. The van der Waals surface area contributed by atoms with Crippen molar-refractivity contribution in [3.05, 3.63) is 24.3 Å². The minimum absolute atomic E-state index is 0.0566. The number of carbonyl (C=O) groups is 2. The Labute approximate surface area is 110 Å². The monoisotopic (exact) mass is 269 g/mol. The molecule has 0 aliphatic carbocycles. The van der Waals surface area contributed by atoms with Crippen molar-refractivity contribution in [2.75, 3.05) is 19.4 Å². The highest BCUT2D eigenvalue weighted by Crippen LogP contribution is 2.20. The van der Waals surface area contributed by atoms with Crippen LogP contribution in [0.4, 0.5) is 0 Å². The smallest absolute Gasteiger partial charge is 0.305 e. The second-order valence-corrected chi connectivity index (χ2v) is 4.51. The van der Waals surface area contributed by atoms with Crippen molar-refractivity contribution >= 4 is 23.6 Å². The van der Waals surface area contributed by atoms with Crippen LogP contribution in [0.1, 0.15) is 6.42 Å². The zero-order valence-electron chi connectivity index (χ0n) is 10.0. The number of thioether (sulfide) groups is 1. The number of ether oxygens (including phenoxy) is 1. The zero-order chi connectivity index (χ0) is 13.4. The summed E-state index contributed by atoms with van der Waals surface area (Å²) in [7, 11) is 1.60. The molecular formula is C12H15NO4S. The van der Waals surface area contributed by atoms with Crippen LogP contribution in [0.5, 0.6) is 5.75 Å². The van der Waals surface area contributed by atoms with Crippen LogP contribution in [0.25, 0.3) is 0 Å². The fourth-order valence-electron chi connectivity index (χ4n) is 1.18. The van der Waals surface area contributed by atoms with Gasteiger partial charge in [-0.05, 0) is 24.3 Å². The summed E-state index contributed by atoms with van der Waals surface area (Å²) in [6.45, 7) is 0.164. The van der Waals surface area contributed by atoms with Gasteiger partial charge in [0.2, 0.25) is 5.91 Å². The van der Waals surface area contributed by atoms with Gasteiger partial charge in [0, 0.05) is 11.4 Å². The Kier molecular flexibility index (Phi) is 6.07. The molecule has 1 amide bonds. The first-order valence-electron chi connectivity index (χ1n) is 5.37. The molecule has 18 heavy (non-hydrogen) atoms. The molecule has 98 valence electrons. The molecule has 1 aromatic carbocycles. The van der Waals surface area contributed by atoms with E-state index in [0.717, 1.165) is 10.6 Å². The number of carbonyl (C=O) groups excluding carboxylic acids is 1. The van der Waals surface area contributed by atoms with E-state index in [1.54, 1.807) is 7.11 Å². The molecule has 0 saturated carbocycles. The molecule has 1 aromatic rings. The third-order valence-corrected chi connectivity index (χ3v) is 3.10. The number of benzene rings is 1. The van der Waals surface area contributed by atoms with Gasteiger partial charge < -0.3 is 15.2 Å². The predicted molar refractivity (Wildman–Crippen MR) is 69.0 cm³/mol. The summed E-state index contributed by atoms with van der Waals surface area (Å²) in [6, 6.07) is 7.39. The van der Waals surface area contributed by atoms with Crippen molar-refractivity contribution in [3.8, 4) is 5.75 Å². The summed E-state index contributed by atoms with van der Waals surface area (Å²) in [4.78, 5) is 22.6. The SMILES string of the molecule is COc1ccc(SCC(=O)NCCC(=O)O)cc1. The molecule has 1 rings (SSSR count). The van der Waals surface area contributed by atoms with Gasteiger partial charge >= 0.3 is 5.97 Å². The summed E-state index contributed by atoms with van der Waals surface area (Å²) < 4.78 is 5.03. The summed E-state index contributed by atoms with van der Waals surface area (Å²) in [5, 5.41) is 11.0. The molecule has 6 heteroatoms. The number of hydrogen-bond donors (Lipinski definition) is 2. The van der Waals surface area contributed by atoms with E-state index in [-0.39, 0.29) is 24.6 Å². The van der Waals surface area contributed by atoms with E-state index < -0.39 is 5.97 Å². The molecule has 0 radical (unpaired) electrons. The van der Waals surface area contributed by atoms with Crippen molar-refractivity contribution in [3.63, 3.8) is 0 Å². The summed E-state index contributed by atoms with van der Waals surface area (Å²) in [5.41, 5.74) is 0. The Balaban J connectivity index is 2.26. The average molecular weight is 269 g/mol. The third kappa shape index (κ3) is 5.58. The van der Waals surface area contributed by atoms with E-state index in [9.17, 15) is 9.59 Å². The summed E-state index contributed by atoms with van der Waals surface area (Å²) in [6.07, 6.45) is -0.0566. The lowest BCUT2D eigenvalue weighted by molar-refractivity contribution is -0.136. The fraction of sp³-hybridized carbons (Fsp3) is 0.333. The van der Waals surface area contributed by atoms with Gasteiger partial charge in [-0.15, -0.1) is 11.8 Å². The standard InChI is InChI=1S/C12H15NO4S/c1-17-9-2-4-10(5-3-9)18-8-11(14)13-7-6-12(15)16/h2-5H,6-8H2,1H3,(H,13,14)(H,15,16). The molecule has 0 fully saturated rings. The highest BCUT2D eigenvalue weighted by molar-refractivity contribution is 8.00. The van der Waals surface area contributed by atoms with E-state index in [4.69, 9.17) is 9.84 Å². The topological polar surface area (TPSA) is 75.6 Å². The van der Waals surface area contributed by atoms with Crippen LogP contribution < -0.4 is 10.1 Å². The molecule has 0 unspecified atom stereocenters. The number of carboxylic acid groups (broad SMARTS) is 1. The average Bonchev–Trinajstić information content (AvgIpc) is 2.36. The van der Waals surface area contributed by atoms with Crippen LogP contribution >= 0.6 is 11.8 Å². The fourth-order valence-corrected chi connectivity index (χ4v) is 1.91. The first-order chi connectivity index (χ1) is 8.61. The molecule has 0 aliphatic heterocycles. The second-order valence-electron chi connectivity index (χ2n) is 3.46. The van der Waals surface area contributed by atoms with Gasteiger partial charge in [0.15, 0.2) is 0 Å². The summed E-state index contributed by atoms with van der Waals surface area (Å²) in [5.74, 6) is -0.0493. The number of rotatable bonds is 7. The van der Waals surface area contributed by atoms with E-state index >= 15 is 0 Å². The van der Waals surface area contributed by atoms with Crippen LogP contribution in [0.3, 0.4) is 0 Å². The molecular weight excluding hydrogens is 254 g/mol. The molecule has 5 nitrogen and oxygen atoms in total. The Morgan fingerprint density at radius 2 is 2.00 bits per heavy atom. The second kappa shape index (κ2) is 7.60. The molecule has 0 aliphatic rings. The number of methoxy groups -OCH3 is 1. The first-order valence-corrected chi connectivity index (χ1v) is 6.35. The normalized spacial score (nSPS) is 9.83. The minimum atomic E-state index is -0.918. The molecule has 0 heterocycles. The van der Waals surface area contributed by atoms with Crippen molar-refractivity contribution in [1.82, 2.24) is 5.32 Å². The van der Waals surface area contributed by atoms with Gasteiger partial charge in [-0.3, -0.25) is 9.59 Å². The van der Waals surface area contributed by atoms with Crippen LogP contribution in [0.15, 0.2) is 29.2 Å². The van der Waals surface area contributed by atoms with Crippen LogP contribution in [0.2, 0.25) is 0 Å². The van der Waals surface area contributed by atoms with E-state index in [1.807, 2.05) is 24.3 Å². The van der Waals surface area contributed by atoms with Gasteiger partial charge in [-0.2, -0.15) is 0 Å². The quantitative estimate of drug-likeness (QED) is 0.731. The molecule has 0 bridgehead atoms. The first kappa shape index (κ1) is 14.4. The molecule has 0 saturated heterocycles. The Morgan fingerprint density at radius 1 is 1.33 bits per heavy atom. The highest BCUT2D eigenvalue weighted by Gasteiger charge is 2.04. The zero-order valence-corrected chi connectivity index (χ0v) is 10.8. The van der Waals surface area contributed by atoms with Crippen molar-refractivity contribution in [2.45, 2.75) is 11.3 Å². The molecule has 0 aromatic heterocycles. The number of nitrogens with one attached hydrogen (secondary N) is 1. The summed E-state index contributed by atoms with van der Waals surface area (Å²) >= 11 is 1.39. The predicted octanol–water partition coefficient (Wildman–Crippen LogP) is 1.38. The van der Waals surface area contributed by atoms with Crippen LogP contribution in [-0.4, -0.2) is 36.4 Å². The van der Waals surface area contributed by atoms with Crippen LogP contribution in [-0.2, 0) is 9.59 Å². The van der Waals surface area contributed by atoms with Crippen molar-refractivity contribution < 1.29 is 19.4 Å². The number of aliphatic carboxylic acids is 1. The van der Waals surface area contributed by atoms with E-state index in [0.29, 0.717) is 0 Å².